The number of carbonyl (C=O) groups excluding carboxylic acids is 2. The maximum Gasteiger partial charge on any atom is 0.338 e. The number of carbonyl (C=O) groups is 2. The van der Waals surface area contributed by atoms with Crippen LogP contribution in [0.3, 0.4) is 0 Å². The van der Waals surface area contributed by atoms with Crippen LogP contribution >= 0.6 is 0 Å². The minimum atomic E-state index is -0.478. The first-order valence-corrected chi connectivity index (χ1v) is 8.65. The van der Waals surface area contributed by atoms with Crippen LogP contribution in [0.5, 0.6) is 23.0 Å². The third-order valence-electron chi connectivity index (χ3n) is 3.64. The zero-order valence-electron chi connectivity index (χ0n) is 16.3. The van der Waals surface area contributed by atoms with Crippen LogP contribution in [0.4, 0.5) is 0 Å². The Morgan fingerprint density at radius 3 is 2.28 bits per heavy atom. The zero-order valence-corrected chi connectivity index (χ0v) is 16.3. The van der Waals surface area contributed by atoms with Gasteiger partial charge < -0.3 is 24.1 Å². The van der Waals surface area contributed by atoms with E-state index in [1.165, 1.54) is 32.6 Å². The molecule has 0 atom stereocenters. The molecule has 0 bridgehead atoms. The van der Waals surface area contributed by atoms with Crippen molar-refractivity contribution in [2.75, 3.05) is 27.4 Å². The van der Waals surface area contributed by atoms with Crippen molar-refractivity contribution in [2.24, 2.45) is 5.10 Å². The lowest BCUT2D eigenvalue weighted by Gasteiger charge is -2.09. The van der Waals surface area contributed by atoms with Gasteiger partial charge in [-0.25, -0.2) is 10.2 Å². The van der Waals surface area contributed by atoms with Gasteiger partial charge in [-0.15, -0.1) is 0 Å². The first kappa shape index (κ1) is 21.5. The van der Waals surface area contributed by atoms with Crippen LogP contribution in [-0.2, 0) is 9.53 Å². The van der Waals surface area contributed by atoms with Crippen molar-refractivity contribution < 1.29 is 33.6 Å². The fraction of sp³-hybridized carbons (Fsp3) is 0.250. The molecule has 0 aliphatic rings. The van der Waals surface area contributed by atoms with Gasteiger partial charge in [-0.3, -0.25) is 4.79 Å². The fourth-order valence-corrected chi connectivity index (χ4v) is 2.25. The Morgan fingerprint density at radius 1 is 1.10 bits per heavy atom. The molecular weight excluding hydrogens is 380 g/mol. The molecule has 2 aromatic carbocycles. The van der Waals surface area contributed by atoms with Gasteiger partial charge in [-0.05, 0) is 43.3 Å². The summed E-state index contributed by atoms with van der Waals surface area (Å²) < 4.78 is 20.3. The summed E-state index contributed by atoms with van der Waals surface area (Å²) in [5.74, 6) is -0.177. The molecule has 2 N–H and O–H groups in total. The molecule has 154 valence electrons. The highest BCUT2D eigenvalue weighted by Gasteiger charge is 2.10. The lowest BCUT2D eigenvalue weighted by atomic mass is 10.2. The molecule has 9 nitrogen and oxygen atoms in total. The molecule has 9 heteroatoms. The molecule has 0 aliphatic carbocycles. The zero-order chi connectivity index (χ0) is 21.2. The third kappa shape index (κ3) is 6.13. The Morgan fingerprint density at radius 2 is 1.72 bits per heavy atom. The van der Waals surface area contributed by atoms with Crippen LogP contribution in [0, 0.1) is 0 Å². The Labute approximate surface area is 167 Å². The number of hydrogen-bond donors (Lipinski definition) is 2. The molecule has 0 unspecified atom stereocenters. The average molecular weight is 402 g/mol. The van der Waals surface area contributed by atoms with Crippen molar-refractivity contribution >= 4 is 18.1 Å². The second-order valence-corrected chi connectivity index (χ2v) is 5.60. The average Bonchev–Trinajstić information content (AvgIpc) is 2.73. The Hall–Kier alpha value is -3.75. The molecule has 1 amide bonds. The van der Waals surface area contributed by atoms with Gasteiger partial charge in [0, 0.05) is 5.56 Å². The van der Waals surface area contributed by atoms with E-state index in [1.807, 2.05) is 0 Å². The number of amides is 1. The van der Waals surface area contributed by atoms with E-state index in [9.17, 15) is 14.7 Å². The topological polar surface area (TPSA) is 116 Å². The molecule has 0 saturated heterocycles. The molecule has 2 rings (SSSR count). The molecular formula is C20H22N2O7. The van der Waals surface area contributed by atoms with Gasteiger partial charge in [0.05, 0.1) is 32.6 Å². The van der Waals surface area contributed by atoms with Crippen molar-refractivity contribution in [1.82, 2.24) is 5.43 Å². The van der Waals surface area contributed by atoms with Gasteiger partial charge in [0.1, 0.15) is 5.75 Å². The lowest BCUT2D eigenvalue weighted by Crippen LogP contribution is -2.24. The van der Waals surface area contributed by atoms with Crippen molar-refractivity contribution in [3.05, 3.63) is 47.5 Å². The number of ether oxygens (including phenoxy) is 4. The van der Waals surface area contributed by atoms with Crippen molar-refractivity contribution in [2.45, 2.75) is 6.92 Å². The summed E-state index contributed by atoms with van der Waals surface area (Å²) in [7, 11) is 2.82. The number of phenols is 1. The number of nitrogens with one attached hydrogen (secondary N) is 1. The molecule has 0 radical (unpaired) electrons. The number of phenolic OH excluding ortho intramolecular Hbond substituents is 1. The number of methoxy groups -OCH3 is 2. The molecule has 29 heavy (non-hydrogen) atoms. The van der Waals surface area contributed by atoms with Crippen LogP contribution in [-0.4, -0.2) is 50.6 Å². The molecule has 0 heterocycles. The van der Waals surface area contributed by atoms with Gasteiger partial charge in [0.25, 0.3) is 5.91 Å². The number of hydrazone groups is 1. The van der Waals surface area contributed by atoms with E-state index in [1.54, 1.807) is 31.2 Å². The number of rotatable bonds is 9. The van der Waals surface area contributed by atoms with Gasteiger partial charge in [-0.1, -0.05) is 0 Å². The minimum Gasteiger partial charge on any atom is -0.502 e. The number of aromatic hydroxyl groups is 1. The molecule has 2 aromatic rings. The van der Waals surface area contributed by atoms with Crippen molar-refractivity contribution in [3.63, 3.8) is 0 Å². The van der Waals surface area contributed by atoms with Gasteiger partial charge in [0.2, 0.25) is 5.75 Å². The predicted octanol–water partition coefficient (Wildman–Crippen LogP) is 2.12. The highest BCUT2D eigenvalue weighted by Crippen LogP contribution is 2.36. The van der Waals surface area contributed by atoms with Crippen molar-refractivity contribution in [3.8, 4) is 23.0 Å². The van der Waals surface area contributed by atoms with Crippen LogP contribution in [0.2, 0.25) is 0 Å². The van der Waals surface area contributed by atoms with Crippen LogP contribution in [0.1, 0.15) is 22.8 Å². The SMILES string of the molecule is CCOC(=O)c1ccc(OCC(=O)N/N=C/c2cc(OC)c(O)c(OC)c2)cc1. The Kier molecular flexibility index (Phi) is 7.84. The van der Waals surface area contributed by atoms with Crippen LogP contribution in [0.15, 0.2) is 41.5 Å². The maximum atomic E-state index is 11.9. The van der Waals surface area contributed by atoms with E-state index in [4.69, 9.17) is 18.9 Å². The predicted molar refractivity (Wildman–Crippen MR) is 105 cm³/mol. The van der Waals surface area contributed by atoms with E-state index >= 15 is 0 Å². The number of esters is 1. The molecule has 0 spiro atoms. The molecule has 0 fully saturated rings. The fourth-order valence-electron chi connectivity index (χ4n) is 2.25. The quantitative estimate of drug-likeness (QED) is 0.375. The minimum absolute atomic E-state index is 0.126. The molecule has 0 aliphatic heterocycles. The summed E-state index contributed by atoms with van der Waals surface area (Å²) in [5, 5.41) is 13.7. The Bertz CT molecular complexity index is 854. The van der Waals surface area contributed by atoms with E-state index in [2.05, 4.69) is 10.5 Å². The normalized spacial score (nSPS) is 10.4. The summed E-state index contributed by atoms with van der Waals surface area (Å²) in [4.78, 5) is 23.4. The van der Waals surface area contributed by atoms with Crippen molar-refractivity contribution in [1.29, 1.82) is 0 Å². The summed E-state index contributed by atoms with van der Waals surface area (Å²) in [6.07, 6.45) is 1.37. The maximum absolute atomic E-state index is 11.9. The first-order chi connectivity index (χ1) is 14.0. The second kappa shape index (κ2) is 10.5. The monoisotopic (exact) mass is 402 g/mol. The first-order valence-electron chi connectivity index (χ1n) is 8.65. The standard InChI is InChI=1S/C20H22N2O7/c1-4-28-20(25)14-5-7-15(8-6-14)29-12-18(23)22-21-11-13-9-16(26-2)19(24)17(10-13)27-3/h5-11,24H,4,12H2,1-3H3,(H,22,23)/b21-11+. The highest BCUT2D eigenvalue weighted by atomic mass is 16.5. The number of hydrogen-bond acceptors (Lipinski definition) is 8. The van der Waals surface area contributed by atoms with Gasteiger partial charge in [0.15, 0.2) is 18.1 Å². The van der Waals surface area contributed by atoms with E-state index in [0.717, 1.165) is 0 Å². The van der Waals surface area contributed by atoms with Gasteiger partial charge in [-0.2, -0.15) is 5.10 Å². The number of nitrogens with zero attached hydrogens (tertiary/aromatic N) is 1. The summed E-state index contributed by atoms with van der Waals surface area (Å²) >= 11 is 0. The van der Waals surface area contributed by atoms with E-state index in [0.29, 0.717) is 23.5 Å². The summed E-state index contributed by atoms with van der Waals surface area (Å²) in [5.41, 5.74) is 3.27. The van der Waals surface area contributed by atoms with E-state index < -0.39 is 11.9 Å². The smallest absolute Gasteiger partial charge is 0.338 e. The number of benzene rings is 2. The van der Waals surface area contributed by atoms with Crippen LogP contribution in [0.25, 0.3) is 0 Å². The van der Waals surface area contributed by atoms with Crippen LogP contribution < -0.4 is 19.6 Å². The summed E-state index contributed by atoms with van der Waals surface area (Å²) in [6, 6.07) is 9.31. The van der Waals surface area contributed by atoms with E-state index in [-0.39, 0.29) is 23.9 Å². The molecule has 0 aromatic heterocycles. The second-order valence-electron chi connectivity index (χ2n) is 5.60. The third-order valence-corrected chi connectivity index (χ3v) is 3.64. The lowest BCUT2D eigenvalue weighted by molar-refractivity contribution is -0.123. The highest BCUT2D eigenvalue weighted by molar-refractivity contribution is 5.89. The molecule has 0 saturated carbocycles. The largest absolute Gasteiger partial charge is 0.502 e. The summed E-state index contributed by atoms with van der Waals surface area (Å²) in [6.45, 7) is 1.75. The van der Waals surface area contributed by atoms with Gasteiger partial charge >= 0.3 is 5.97 Å². The Balaban J connectivity index is 1.88.